The van der Waals surface area contributed by atoms with Crippen molar-refractivity contribution in [3.63, 3.8) is 0 Å². The van der Waals surface area contributed by atoms with E-state index in [0.717, 1.165) is 12.8 Å². The summed E-state index contributed by atoms with van der Waals surface area (Å²) >= 11 is 0. The second-order valence-corrected chi connectivity index (χ2v) is 8.13. The highest BCUT2D eigenvalue weighted by Gasteiger charge is 2.72. The van der Waals surface area contributed by atoms with Gasteiger partial charge in [0.2, 0.25) is 11.6 Å². The van der Waals surface area contributed by atoms with Crippen molar-refractivity contribution in [1.82, 2.24) is 10.2 Å². The Balaban J connectivity index is 1.55. The van der Waals surface area contributed by atoms with Crippen molar-refractivity contribution < 1.29 is 28.6 Å². The lowest BCUT2D eigenvalue weighted by Gasteiger charge is -2.39. The SMILES string of the molecule is CO[C@@]12[C@H](COC(N)=O)C3=C(C(=O)C(C)=C(OCC4CC4)C3=O)N1C[C@@H]1N[C@@H]12. The van der Waals surface area contributed by atoms with Gasteiger partial charge in [0, 0.05) is 30.8 Å². The number of carbonyl (C=O) groups excluding carboxylic acids is 3. The Hall–Kier alpha value is -2.39. The maximum atomic E-state index is 13.4. The summed E-state index contributed by atoms with van der Waals surface area (Å²) in [6.45, 7) is 2.47. The van der Waals surface area contributed by atoms with Crippen LogP contribution in [0.5, 0.6) is 0 Å². The minimum absolute atomic E-state index is 0.0543. The van der Waals surface area contributed by atoms with E-state index >= 15 is 0 Å². The number of nitrogens with two attached hydrogens (primary N) is 1. The Kier molecular flexibility index (Phi) is 3.67. The van der Waals surface area contributed by atoms with Crippen LogP contribution in [-0.4, -0.2) is 67.2 Å². The predicted molar refractivity (Wildman–Crippen MR) is 94.6 cm³/mol. The summed E-state index contributed by atoms with van der Waals surface area (Å²) in [5, 5.41) is 3.33. The third-order valence-corrected chi connectivity index (χ3v) is 6.53. The molecule has 2 saturated heterocycles. The predicted octanol–water partition coefficient (Wildman–Crippen LogP) is -0.183. The summed E-state index contributed by atoms with van der Waals surface area (Å²) in [4.78, 5) is 39.8. The van der Waals surface area contributed by atoms with E-state index in [1.807, 2.05) is 4.90 Å². The summed E-state index contributed by atoms with van der Waals surface area (Å²) in [5.41, 5.74) is 5.18. The van der Waals surface area contributed by atoms with Gasteiger partial charge < -0.3 is 30.2 Å². The van der Waals surface area contributed by atoms with Crippen molar-refractivity contribution in [2.75, 3.05) is 26.9 Å². The molecular weight excluding hydrogens is 366 g/mol. The molecule has 0 unspecified atom stereocenters. The first-order valence-corrected chi connectivity index (χ1v) is 9.58. The van der Waals surface area contributed by atoms with E-state index in [-0.39, 0.29) is 36.0 Å². The lowest BCUT2D eigenvalue weighted by Crippen LogP contribution is -2.55. The molecule has 28 heavy (non-hydrogen) atoms. The van der Waals surface area contributed by atoms with Crippen molar-refractivity contribution in [2.45, 2.75) is 37.6 Å². The number of ether oxygens (including phenoxy) is 3. The third kappa shape index (κ3) is 2.23. The average Bonchev–Trinajstić information content (AvgIpc) is 3.57. The van der Waals surface area contributed by atoms with E-state index in [0.29, 0.717) is 35.9 Å². The van der Waals surface area contributed by atoms with Gasteiger partial charge in [0.25, 0.3) is 0 Å². The van der Waals surface area contributed by atoms with Gasteiger partial charge in [-0.2, -0.15) is 0 Å². The molecule has 3 N–H and O–H groups in total. The number of nitrogens with zero attached hydrogens (tertiary/aromatic N) is 1. The lowest BCUT2D eigenvalue weighted by atomic mass is 9.83. The number of ketones is 2. The van der Waals surface area contributed by atoms with E-state index < -0.39 is 17.7 Å². The second kappa shape index (κ2) is 5.81. The van der Waals surface area contributed by atoms with Crippen LogP contribution in [0.25, 0.3) is 0 Å². The maximum Gasteiger partial charge on any atom is 0.404 e. The zero-order valence-corrected chi connectivity index (χ0v) is 15.8. The van der Waals surface area contributed by atoms with Crippen LogP contribution in [0.1, 0.15) is 19.8 Å². The van der Waals surface area contributed by atoms with Crippen LogP contribution < -0.4 is 11.1 Å². The number of nitrogens with one attached hydrogen (secondary N) is 1. The van der Waals surface area contributed by atoms with Gasteiger partial charge in [0.1, 0.15) is 6.61 Å². The summed E-state index contributed by atoms with van der Waals surface area (Å²) in [6.07, 6.45) is 1.22. The molecule has 9 heteroatoms. The Labute approximate surface area is 161 Å². The Morgan fingerprint density at radius 1 is 1.29 bits per heavy atom. The number of allylic oxidation sites excluding steroid dienone is 2. The number of hydrogen-bond acceptors (Lipinski definition) is 8. The largest absolute Gasteiger partial charge is 0.489 e. The van der Waals surface area contributed by atoms with Crippen LogP contribution in [0, 0.1) is 11.8 Å². The van der Waals surface area contributed by atoms with Crippen LogP contribution in [0.3, 0.4) is 0 Å². The van der Waals surface area contributed by atoms with Gasteiger partial charge in [-0.15, -0.1) is 0 Å². The summed E-state index contributed by atoms with van der Waals surface area (Å²) in [6, 6.07) is 0.117. The van der Waals surface area contributed by atoms with Crippen molar-refractivity contribution in [1.29, 1.82) is 0 Å². The molecule has 2 aliphatic carbocycles. The number of methoxy groups -OCH3 is 1. The molecule has 1 saturated carbocycles. The Morgan fingerprint density at radius 3 is 2.68 bits per heavy atom. The van der Waals surface area contributed by atoms with Crippen LogP contribution in [0.2, 0.25) is 0 Å². The number of carbonyl (C=O) groups is 3. The number of rotatable bonds is 6. The van der Waals surface area contributed by atoms with Crippen molar-refractivity contribution in [2.24, 2.45) is 17.6 Å². The summed E-state index contributed by atoms with van der Waals surface area (Å²) in [5.74, 6) is -0.638. The maximum absolute atomic E-state index is 13.4. The molecule has 3 heterocycles. The molecule has 0 aromatic heterocycles. The molecule has 1 amide bonds. The number of hydrogen-bond donors (Lipinski definition) is 2. The highest BCUT2D eigenvalue weighted by atomic mass is 16.6. The second-order valence-electron chi connectivity index (χ2n) is 8.13. The molecule has 5 aliphatic rings. The number of fused-ring (bicyclic) bond motifs is 4. The first-order valence-electron chi connectivity index (χ1n) is 9.58. The van der Waals surface area contributed by atoms with E-state index in [1.54, 1.807) is 14.0 Å². The molecule has 150 valence electrons. The highest BCUT2D eigenvalue weighted by Crippen LogP contribution is 2.55. The standard InChI is InChI=1S/C19H23N3O6/c1-8-14(23)13-12(15(24)16(8)27-6-9-3-4-9)10(7-28-18(20)25)19(26-2)17-11(21-17)5-22(13)19/h9-11,17,21H,3-7H2,1-2H3,(H2,20,25)/t10-,11+,17+,19-/m1/s1. The molecule has 0 radical (unpaired) electrons. The van der Waals surface area contributed by atoms with Gasteiger partial charge in [0.05, 0.1) is 24.3 Å². The van der Waals surface area contributed by atoms with Gasteiger partial charge in [-0.25, -0.2) is 4.79 Å². The normalized spacial score (nSPS) is 35.8. The topological polar surface area (TPSA) is 130 Å². The molecule has 0 bridgehead atoms. The molecular formula is C19H23N3O6. The van der Waals surface area contributed by atoms with Gasteiger partial charge in [-0.05, 0) is 25.7 Å². The monoisotopic (exact) mass is 389 g/mol. The number of Topliss-reactive ketones (excluding diaryl/α,β-unsaturated/α-hetero) is 2. The fourth-order valence-corrected chi connectivity index (χ4v) is 4.93. The van der Waals surface area contributed by atoms with E-state index in [4.69, 9.17) is 19.9 Å². The zero-order chi connectivity index (χ0) is 19.8. The fourth-order valence-electron chi connectivity index (χ4n) is 4.93. The highest BCUT2D eigenvalue weighted by molar-refractivity contribution is 6.25. The molecule has 5 rings (SSSR count). The number of amides is 1. The molecule has 0 spiro atoms. The van der Waals surface area contributed by atoms with Crippen molar-refractivity contribution >= 4 is 17.7 Å². The molecule has 4 atom stereocenters. The van der Waals surface area contributed by atoms with E-state index in [9.17, 15) is 14.4 Å². The van der Waals surface area contributed by atoms with Crippen LogP contribution in [0.15, 0.2) is 22.6 Å². The van der Waals surface area contributed by atoms with Crippen LogP contribution in [-0.2, 0) is 23.8 Å². The minimum atomic E-state index is -0.956. The van der Waals surface area contributed by atoms with Gasteiger partial charge in [-0.3, -0.25) is 9.59 Å². The van der Waals surface area contributed by atoms with Crippen molar-refractivity contribution in [3.8, 4) is 0 Å². The number of primary amides is 1. The fraction of sp³-hybridized carbons (Fsp3) is 0.632. The Morgan fingerprint density at radius 2 is 2.04 bits per heavy atom. The van der Waals surface area contributed by atoms with Crippen LogP contribution in [0.4, 0.5) is 4.79 Å². The zero-order valence-electron chi connectivity index (χ0n) is 15.8. The lowest BCUT2D eigenvalue weighted by molar-refractivity contribution is -0.137. The van der Waals surface area contributed by atoms with Gasteiger partial charge in [-0.1, -0.05) is 0 Å². The first-order chi connectivity index (χ1) is 13.4. The third-order valence-electron chi connectivity index (χ3n) is 6.53. The number of piperazine rings is 1. The average molecular weight is 389 g/mol. The quantitative estimate of drug-likeness (QED) is 0.472. The molecule has 3 aliphatic heterocycles. The van der Waals surface area contributed by atoms with Gasteiger partial charge in [0.15, 0.2) is 11.5 Å². The Bertz CT molecular complexity index is 860. The molecule has 9 nitrogen and oxygen atoms in total. The molecule has 0 aromatic rings. The minimum Gasteiger partial charge on any atom is -0.489 e. The molecule has 0 aromatic carbocycles. The van der Waals surface area contributed by atoms with Crippen LogP contribution >= 0.6 is 0 Å². The first kappa shape index (κ1) is 17.7. The van der Waals surface area contributed by atoms with Gasteiger partial charge >= 0.3 is 6.09 Å². The smallest absolute Gasteiger partial charge is 0.404 e. The van der Waals surface area contributed by atoms with Crippen molar-refractivity contribution in [3.05, 3.63) is 22.6 Å². The van der Waals surface area contributed by atoms with E-state index in [2.05, 4.69) is 5.32 Å². The van der Waals surface area contributed by atoms with E-state index in [1.165, 1.54) is 0 Å². The summed E-state index contributed by atoms with van der Waals surface area (Å²) in [7, 11) is 1.55. The molecule has 3 fully saturated rings. The summed E-state index contributed by atoms with van der Waals surface area (Å²) < 4.78 is 16.8.